The number of nitrogens with one attached hydrogen (secondary N) is 1. The minimum atomic E-state index is 0.752. The minimum absolute atomic E-state index is 0.752. The van der Waals surface area contributed by atoms with Crippen LogP contribution in [0.4, 0.5) is 0 Å². The fraction of sp³-hybridized carbons (Fsp3) is 0.571. The van der Waals surface area contributed by atoms with Gasteiger partial charge in [0.1, 0.15) is 0 Å². The van der Waals surface area contributed by atoms with Gasteiger partial charge in [-0.15, -0.1) is 0 Å². The third-order valence-electron chi connectivity index (χ3n) is 2.39. The van der Waals surface area contributed by atoms with Crippen molar-refractivity contribution in [3.8, 4) is 0 Å². The van der Waals surface area contributed by atoms with Crippen LogP contribution in [0.1, 0.15) is 32.3 Å². The van der Waals surface area contributed by atoms with Crippen LogP contribution in [-0.4, -0.2) is 13.1 Å². The zero-order chi connectivity index (χ0) is 11.6. The Balaban J connectivity index is 1.93. The normalized spacial score (nSPS) is 11.7. The summed E-state index contributed by atoms with van der Waals surface area (Å²) in [5.41, 5.74) is 1.47. The van der Waals surface area contributed by atoms with Gasteiger partial charge in [0, 0.05) is 0 Å². The molecule has 0 aliphatic heterocycles. The van der Waals surface area contributed by atoms with Crippen molar-refractivity contribution in [1.82, 2.24) is 5.32 Å². The molecule has 0 bridgehead atoms. The lowest BCUT2D eigenvalue weighted by molar-refractivity contribution is 0.556. The zero-order valence-electron chi connectivity index (χ0n) is 10.4. The SMILES string of the molecule is CC(C)CNCCC=CCCc1ccsc1. The molecule has 1 aromatic rings. The van der Waals surface area contributed by atoms with Gasteiger partial charge < -0.3 is 5.32 Å². The number of allylic oxidation sites excluding steroid dienone is 1. The molecule has 1 aromatic heterocycles. The van der Waals surface area contributed by atoms with E-state index in [-0.39, 0.29) is 0 Å². The van der Waals surface area contributed by atoms with Gasteiger partial charge in [-0.1, -0.05) is 26.0 Å². The van der Waals surface area contributed by atoms with Crippen molar-refractivity contribution < 1.29 is 0 Å². The smallest absolute Gasteiger partial charge is 0.00142 e. The number of hydrogen-bond donors (Lipinski definition) is 1. The van der Waals surface area contributed by atoms with Gasteiger partial charge in [-0.05, 0) is 60.7 Å². The van der Waals surface area contributed by atoms with Crippen molar-refractivity contribution in [1.29, 1.82) is 0 Å². The van der Waals surface area contributed by atoms with E-state index in [0.29, 0.717) is 0 Å². The number of thiophene rings is 1. The maximum absolute atomic E-state index is 3.44. The molecule has 1 rings (SSSR count). The standard InChI is InChI=1S/C14H23NS/c1-13(2)11-15-9-6-4-3-5-7-14-8-10-16-12-14/h3-4,8,10,12-13,15H,5-7,9,11H2,1-2H3. The Morgan fingerprint density at radius 3 is 2.81 bits per heavy atom. The summed E-state index contributed by atoms with van der Waals surface area (Å²) in [7, 11) is 0. The van der Waals surface area contributed by atoms with Crippen LogP contribution in [0.25, 0.3) is 0 Å². The molecule has 0 unspecified atom stereocenters. The summed E-state index contributed by atoms with van der Waals surface area (Å²) < 4.78 is 0. The van der Waals surface area contributed by atoms with E-state index in [0.717, 1.165) is 25.4 Å². The van der Waals surface area contributed by atoms with Gasteiger partial charge in [0.2, 0.25) is 0 Å². The van der Waals surface area contributed by atoms with E-state index in [4.69, 9.17) is 0 Å². The van der Waals surface area contributed by atoms with Crippen LogP contribution in [-0.2, 0) is 6.42 Å². The lowest BCUT2D eigenvalue weighted by atomic mass is 10.2. The topological polar surface area (TPSA) is 12.0 Å². The van der Waals surface area contributed by atoms with Crippen molar-refractivity contribution in [2.75, 3.05) is 13.1 Å². The zero-order valence-corrected chi connectivity index (χ0v) is 11.2. The Morgan fingerprint density at radius 1 is 1.31 bits per heavy atom. The molecule has 0 aliphatic carbocycles. The van der Waals surface area contributed by atoms with Crippen LogP contribution >= 0.6 is 11.3 Å². The summed E-state index contributed by atoms with van der Waals surface area (Å²) in [5, 5.41) is 7.82. The van der Waals surface area contributed by atoms with E-state index in [1.165, 1.54) is 18.4 Å². The first-order chi connectivity index (χ1) is 7.79. The van der Waals surface area contributed by atoms with Crippen LogP contribution in [0.2, 0.25) is 0 Å². The van der Waals surface area contributed by atoms with Crippen LogP contribution in [0, 0.1) is 5.92 Å². The first kappa shape index (κ1) is 13.5. The first-order valence-electron chi connectivity index (χ1n) is 6.16. The fourth-order valence-electron chi connectivity index (χ4n) is 1.50. The third kappa shape index (κ3) is 6.81. The summed E-state index contributed by atoms with van der Waals surface area (Å²) in [6.45, 7) is 6.71. The van der Waals surface area contributed by atoms with Gasteiger partial charge in [0.15, 0.2) is 0 Å². The average molecular weight is 237 g/mol. The fourth-order valence-corrected chi connectivity index (χ4v) is 2.20. The van der Waals surface area contributed by atoms with E-state index < -0.39 is 0 Å². The molecule has 0 atom stereocenters. The summed E-state index contributed by atoms with van der Waals surface area (Å²) in [6.07, 6.45) is 8.09. The lowest BCUT2D eigenvalue weighted by Crippen LogP contribution is -2.20. The molecule has 0 radical (unpaired) electrons. The Morgan fingerprint density at radius 2 is 2.12 bits per heavy atom. The third-order valence-corrected chi connectivity index (χ3v) is 3.12. The molecule has 90 valence electrons. The molecule has 0 spiro atoms. The van der Waals surface area contributed by atoms with E-state index >= 15 is 0 Å². The Hall–Kier alpha value is -0.600. The van der Waals surface area contributed by atoms with Crippen LogP contribution < -0.4 is 5.32 Å². The highest BCUT2D eigenvalue weighted by Crippen LogP contribution is 2.08. The van der Waals surface area contributed by atoms with Crippen molar-refractivity contribution in [2.24, 2.45) is 5.92 Å². The molecular formula is C14H23NS. The van der Waals surface area contributed by atoms with Gasteiger partial charge in [0.25, 0.3) is 0 Å². The molecule has 1 N–H and O–H groups in total. The molecule has 16 heavy (non-hydrogen) atoms. The highest BCUT2D eigenvalue weighted by molar-refractivity contribution is 7.07. The molecule has 1 heterocycles. The molecule has 0 saturated heterocycles. The van der Waals surface area contributed by atoms with E-state index in [1.807, 2.05) is 0 Å². The second kappa shape index (κ2) is 8.54. The van der Waals surface area contributed by atoms with Gasteiger partial charge in [0.05, 0.1) is 0 Å². The highest BCUT2D eigenvalue weighted by atomic mass is 32.1. The molecule has 1 nitrogen and oxygen atoms in total. The van der Waals surface area contributed by atoms with Crippen LogP contribution in [0.3, 0.4) is 0 Å². The summed E-state index contributed by atoms with van der Waals surface area (Å²) in [4.78, 5) is 0. The maximum Gasteiger partial charge on any atom is -0.00142 e. The van der Waals surface area contributed by atoms with Gasteiger partial charge in [-0.3, -0.25) is 0 Å². The van der Waals surface area contributed by atoms with Crippen molar-refractivity contribution >= 4 is 11.3 Å². The predicted octanol–water partition coefficient (Wildman–Crippen LogP) is 3.87. The monoisotopic (exact) mass is 237 g/mol. The second-order valence-corrected chi connectivity index (χ2v) is 5.31. The van der Waals surface area contributed by atoms with E-state index in [2.05, 4.69) is 48.1 Å². The lowest BCUT2D eigenvalue weighted by Gasteiger charge is -2.04. The molecule has 0 aromatic carbocycles. The van der Waals surface area contributed by atoms with E-state index in [9.17, 15) is 0 Å². The second-order valence-electron chi connectivity index (χ2n) is 4.53. The Kier molecular flexibility index (Phi) is 7.19. The van der Waals surface area contributed by atoms with Crippen molar-refractivity contribution in [3.63, 3.8) is 0 Å². The van der Waals surface area contributed by atoms with Crippen LogP contribution in [0.15, 0.2) is 29.0 Å². The molecule has 0 aliphatic rings. The Labute approximate surface area is 104 Å². The predicted molar refractivity (Wildman–Crippen MR) is 74.1 cm³/mol. The maximum atomic E-state index is 3.44. The number of aryl methyl sites for hydroxylation is 1. The first-order valence-corrected chi connectivity index (χ1v) is 7.10. The quantitative estimate of drug-likeness (QED) is 0.534. The Bertz CT molecular complexity index is 275. The molecule has 0 fully saturated rings. The van der Waals surface area contributed by atoms with E-state index in [1.54, 1.807) is 11.3 Å². The van der Waals surface area contributed by atoms with Gasteiger partial charge in [-0.25, -0.2) is 0 Å². The van der Waals surface area contributed by atoms with Gasteiger partial charge >= 0.3 is 0 Å². The molecule has 0 amide bonds. The minimum Gasteiger partial charge on any atom is -0.316 e. The van der Waals surface area contributed by atoms with Crippen molar-refractivity contribution in [2.45, 2.75) is 33.1 Å². The highest BCUT2D eigenvalue weighted by Gasteiger charge is 1.91. The number of hydrogen-bond acceptors (Lipinski definition) is 2. The average Bonchev–Trinajstić information content (AvgIpc) is 2.74. The van der Waals surface area contributed by atoms with Crippen LogP contribution in [0.5, 0.6) is 0 Å². The summed E-state index contributed by atoms with van der Waals surface area (Å²) >= 11 is 1.78. The molecular weight excluding hydrogens is 214 g/mol. The largest absolute Gasteiger partial charge is 0.316 e. The summed E-state index contributed by atoms with van der Waals surface area (Å²) in [5.74, 6) is 0.752. The van der Waals surface area contributed by atoms with Gasteiger partial charge in [-0.2, -0.15) is 11.3 Å². The summed E-state index contributed by atoms with van der Waals surface area (Å²) in [6, 6.07) is 2.21. The number of rotatable bonds is 8. The molecule has 0 saturated carbocycles. The van der Waals surface area contributed by atoms with Crippen molar-refractivity contribution in [3.05, 3.63) is 34.5 Å². The molecule has 2 heteroatoms.